The molecule has 0 radical (unpaired) electrons. The van der Waals surface area contributed by atoms with Crippen LogP contribution in [-0.4, -0.2) is 18.8 Å². The maximum absolute atomic E-state index is 13.8. The lowest BCUT2D eigenvalue weighted by Crippen LogP contribution is -2.33. The molecule has 0 saturated carbocycles. The first-order valence-electron chi connectivity index (χ1n) is 10.2. The van der Waals surface area contributed by atoms with Crippen molar-refractivity contribution < 1.29 is 14.2 Å². The van der Waals surface area contributed by atoms with Gasteiger partial charge in [0.1, 0.15) is 17.4 Å². The summed E-state index contributed by atoms with van der Waals surface area (Å²) in [6.45, 7) is 2.11. The van der Waals surface area contributed by atoms with Crippen molar-refractivity contribution in [2.75, 3.05) is 14.2 Å². The zero-order valence-electron chi connectivity index (χ0n) is 18.4. The minimum absolute atomic E-state index is 0.0218. The van der Waals surface area contributed by atoms with Crippen LogP contribution in [0.15, 0.2) is 64.8 Å². The van der Waals surface area contributed by atoms with Gasteiger partial charge in [-0.1, -0.05) is 29.8 Å². The molecule has 0 bridgehead atoms. The fraction of sp³-hybridized carbons (Fsp3) is 0.200. The monoisotopic (exact) mass is 463 g/mol. The van der Waals surface area contributed by atoms with Crippen LogP contribution < -0.4 is 25.5 Å². The Bertz CT molecular complexity index is 1370. The molecule has 1 aromatic heterocycles. The third-order valence-corrected chi connectivity index (χ3v) is 5.90. The van der Waals surface area contributed by atoms with Gasteiger partial charge >= 0.3 is 0 Å². The van der Waals surface area contributed by atoms with E-state index in [2.05, 4.69) is 6.07 Å². The predicted molar refractivity (Wildman–Crippen MR) is 125 cm³/mol. The van der Waals surface area contributed by atoms with Gasteiger partial charge in [0.15, 0.2) is 11.5 Å². The Labute approximate surface area is 196 Å². The van der Waals surface area contributed by atoms with Gasteiger partial charge in [0.05, 0.1) is 32.2 Å². The number of pyridine rings is 1. The van der Waals surface area contributed by atoms with E-state index < -0.39 is 5.92 Å². The van der Waals surface area contributed by atoms with E-state index >= 15 is 0 Å². The van der Waals surface area contributed by atoms with E-state index in [4.69, 9.17) is 31.5 Å². The fourth-order valence-electron chi connectivity index (χ4n) is 4.06. The van der Waals surface area contributed by atoms with E-state index in [1.165, 1.54) is 0 Å². The Morgan fingerprint density at radius 3 is 2.58 bits per heavy atom. The van der Waals surface area contributed by atoms with E-state index in [1.807, 2.05) is 25.1 Å². The number of aryl methyl sites for hydroxylation is 1. The Morgan fingerprint density at radius 2 is 1.91 bits per heavy atom. The van der Waals surface area contributed by atoms with Crippen LogP contribution in [0.3, 0.4) is 0 Å². The molecule has 0 spiro atoms. The zero-order valence-corrected chi connectivity index (χ0v) is 19.1. The average molecular weight is 464 g/mol. The molecule has 1 aliphatic rings. The van der Waals surface area contributed by atoms with E-state index in [-0.39, 0.29) is 17.0 Å². The van der Waals surface area contributed by atoms with Gasteiger partial charge in [-0.3, -0.25) is 4.79 Å². The summed E-state index contributed by atoms with van der Waals surface area (Å²) < 4.78 is 18.0. The van der Waals surface area contributed by atoms with Crippen molar-refractivity contribution in [3.63, 3.8) is 0 Å². The molecular formula is C25H22ClN3O4. The van der Waals surface area contributed by atoms with Crippen molar-refractivity contribution in [3.05, 3.63) is 97.7 Å². The summed E-state index contributed by atoms with van der Waals surface area (Å²) in [5.41, 5.74) is 8.52. The second-order valence-electron chi connectivity index (χ2n) is 7.62. The largest absolute Gasteiger partial charge is 0.493 e. The summed E-state index contributed by atoms with van der Waals surface area (Å²) in [5.74, 6) is 0.793. The number of ether oxygens (including phenoxy) is 3. The third-order valence-electron chi connectivity index (χ3n) is 5.66. The summed E-state index contributed by atoms with van der Waals surface area (Å²) in [4.78, 5) is 13.8. The van der Waals surface area contributed by atoms with Crippen molar-refractivity contribution in [3.8, 4) is 23.3 Å². The molecule has 168 valence electrons. The molecule has 0 aliphatic carbocycles. The van der Waals surface area contributed by atoms with E-state index in [1.54, 1.807) is 49.1 Å². The average Bonchev–Trinajstić information content (AvgIpc) is 2.80. The Morgan fingerprint density at radius 1 is 1.15 bits per heavy atom. The van der Waals surface area contributed by atoms with Gasteiger partial charge in [-0.25, -0.2) is 0 Å². The second-order valence-corrected chi connectivity index (χ2v) is 8.06. The van der Waals surface area contributed by atoms with Crippen LogP contribution in [0.1, 0.15) is 28.3 Å². The van der Waals surface area contributed by atoms with Crippen LogP contribution in [0.5, 0.6) is 17.2 Å². The summed E-state index contributed by atoms with van der Waals surface area (Å²) >= 11 is 6.21. The quantitative estimate of drug-likeness (QED) is 0.611. The van der Waals surface area contributed by atoms with Crippen molar-refractivity contribution >= 4 is 11.6 Å². The molecule has 1 unspecified atom stereocenters. The number of rotatable bonds is 5. The standard InChI is InChI=1S/C25H22ClN3O4/c1-14-9-21-23(22(18(12-27)24(28)33-21)16-5-4-6-17(26)11-16)25(30)29(14)13-15-7-8-19(31-2)20(10-15)32-3/h4-11,22H,13,28H2,1-3H3. The predicted octanol–water partition coefficient (Wildman–Crippen LogP) is 4.09. The number of benzene rings is 2. The van der Waals surface area contributed by atoms with Gasteiger partial charge in [0.2, 0.25) is 5.88 Å². The van der Waals surface area contributed by atoms with Crippen molar-refractivity contribution in [2.45, 2.75) is 19.4 Å². The number of nitrogens with zero attached hydrogens (tertiary/aromatic N) is 2. The van der Waals surface area contributed by atoms with Gasteiger partial charge in [0, 0.05) is 16.8 Å². The van der Waals surface area contributed by atoms with Gasteiger partial charge in [0.25, 0.3) is 5.56 Å². The molecule has 1 atom stereocenters. The molecule has 3 aromatic rings. The summed E-state index contributed by atoms with van der Waals surface area (Å²) in [7, 11) is 3.13. The fourth-order valence-corrected chi connectivity index (χ4v) is 4.26. The lowest BCUT2D eigenvalue weighted by molar-refractivity contribution is 0.354. The van der Waals surface area contributed by atoms with Crippen molar-refractivity contribution in [2.24, 2.45) is 5.73 Å². The van der Waals surface area contributed by atoms with Crippen LogP contribution >= 0.6 is 11.6 Å². The Kier molecular flexibility index (Phi) is 6.03. The molecule has 0 amide bonds. The van der Waals surface area contributed by atoms with Gasteiger partial charge < -0.3 is 24.5 Å². The molecule has 0 saturated heterocycles. The maximum Gasteiger partial charge on any atom is 0.259 e. The van der Waals surface area contributed by atoms with E-state index in [0.717, 1.165) is 5.56 Å². The highest BCUT2D eigenvalue weighted by molar-refractivity contribution is 6.30. The number of hydrogen-bond acceptors (Lipinski definition) is 6. The molecule has 2 aromatic carbocycles. The minimum Gasteiger partial charge on any atom is -0.493 e. The molecule has 2 heterocycles. The first-order valence-corrected chi connectivity index (χ1v) is 10.5. The lowest BCUT2D eigenvalue weighted by atomic mass is 9.84. The van der Waals surface area contributed by atoms with Crippen LogP contribution in [0, 0.1) is 18.3 Å². The smallest absolute Gasteiger partial charge is 0.259 e. The molecular weight excluding hydrogens is 442 g/mol. The van der Waals surface area contributed by atoms with Crippen molar-refractivity contribution in [1.29, 1.82) is 5.26 Å². The number of nitrogens with two attached hydrogens (primary N) is 1. The number of nitriles is 1. The third kappa shape index (κ3) is 4.01. The Hall–Kier alpha value is -3.89. The van der Waals surface area contributed by atoms with Gasteiger partial charge in [-0.05, 0) is 42.3 Å². The number of fused-ring (bicyclic) bond motifs is 1. The molecule has 4 rings (SSSR count). The molecule has 0 fully saturated rings. The normalized spacial score (nSPS) is 14.8. The first kappa shape index (κ1) is 22.3. The maximum atomic E-state index is 13.8. The second kappa shape index (κ2) is 8.93. The summed E-state index contributed by atoms with van der Waals surface area (Å²) in [6, 6.07) is 16.4. The van der Waals surface area contributed by atoms with Gasteiger partial charge in [-0.15, -0.1) is 0 Å². The van der Waals surface area contributed by atoms with Crippen LogP contribution in [0.25, 0.3) is 0 Å². The number of aromatic nitrogens is 1. The SMILES string of the molecule is COc1ccc(Cn2c(C)cc3c(c2=O)C(c2cccc(Cl)c2)C(C#N)=C(N)O3)cc1OC. The minimum atomic E-state index is -0.692. The van der Waals surface area contributed by atoms with Crippen LogP contribution in [0.2, 0.25) is 5.02 Å². The molecule has 33 heavy (non-hydrogen) atoms. The first-order chi connectivity index (χ1) is 15.9. The Balaban J connectivity index is 1.88. The van der Waals surface area contributed by atoms with Crippen molar-refractivity contribution in [1.82, 2.24) is 4.57 Å². The summed E-state index contributed by atoms with van der Waals surface area (Å²) in [6.07, 6.45) is 0. The van der Waals surface area contributed by atoms with Crippen LogP contribution in [0.4, 0.5) is 0 Å². The number of hydrogen-bond donors (Lipinski definition) is 1. The number of methoxy groups -OCH3 is 2. The van der Waals surface area contributed by atoms with Crippen LogP contribution in [-0.2, 0) is 6.54 Å². The molecule has 1 aliphatic heterocycles. The summed E-state index contributed by atoms with van der Waals surface area (Å²) in [5, 5.41) is 10.3. The van der Waals surface area contributed by atoms with Gasteiger partial charge in [-0.2, -0.15) is 5.26 Å². The lowest BCUT2D eigenvalue weighted by Gasteiger charge is -2.27. The molecule has 2 N–H and O–H groups in total. The van der Waals surface area contributed by atoms with E-state index in [9.17, 15) is 10.1 Å². The topological polar surface area (TPSA) is 99.5 Å². The molecule has 7 nitrogen and oxygen atoms in total. The highest BCUT2D eigenvalue weighted by atomic mass is 35.5. The van der Waals surface area contributed by atoms with E-state index in [0.29, 0.717) is 45.6 Å². The number of allylic oxidation sites excluding steroid dienone is 1. The zero-order chi connectivity index (χ0) is 23.7. The number of halogens is 1. The highest BCUT2D eigenvalue weighted by Crippen LogP contribution is 2.41. The highest BCUT2D eigenvalue weighted by Gasteiger charge is 2.34. The molecule has 8 heteroatoms.